The summed E-state index contributed by atoms with van der Waals surface area (Å²) in [7, 11) is 1.86. The number of halogens is 1. The molecule has 8 nitrogen and oxygen atoms in total. The zero-order valence-electron chi connectivity index (χ0n) is 19.0. The maximum atomic E-state index is 12.8. The molecular formula is C23H32IN7O. The van der Waals surface area contributed by atoms with Crippen LogP contribution in [0, 0.1) is 0 Å². The van der Waals surface area contributed by atoms with Crippen LogP contribution in [0.4, 0.5) is 5.69 Å². The van der Waals surface area contributed by atoms with E-state index in [0.29, 0.717) is 19.6 Å². The lowest BCUT2D eigenvalue weighted by atomic mass is 10.1. The number of carbonyl (C=O) groups excluding carboxylic acids is 1. The fourth-order valence-electron chi connectivity index (χ4n) is 4.16. The summed E-state index contributed by atoms with van der Waals surface area (Å²) in [5.41, 5.74) is 4.70. The van der Waals surface area contributed by atoms with E-state index in [4.69, 9.17) is 4.99 Å². The lowest BCUT2D eigenvalue weighted by Gasteiger charge is -2.35. The molecule has 0 radical (unpaired) electrons. The molecule has 2 N–H and O–H groups in total. The summed E-state index contributed by atoms with van der Waals surface area (Å²) in [6.45, 7) is 7.34. The lowest BCUT2D eigenvalue weighted by molar-refractivity contribution is -0.120. The fourth-order valence-corrected chi connectivity index (χ4v) is 4.16. The van der Waals surface area contributed by atoms with Crippen molar-refractivity contribution in [2.75, 3.05) is 37.6 Å². The third-order valence-electron chi connectivity index (χ3n) is 5.77. The summed E-state index contributed by atoms with van der Waals surface area (Å²) in [5.74, 6) is 0.865. The van der Waals surface area contributed by atoms with Crippen molar-refractivity contribution in [3.8, 4) is 0 Å². The Balaban J connectivity index is 0.00000289. The Morgan fingerprint density at radius 3 is 2.78 bits per heavy atom. The Morgan fingerprint density at radius 1 is 1.25 bits per heavy atom. The Hall–Kier alpha value is -2.56. The highest BCUT2D eigenvalue weighted by Crippen LogP contribution is 2.22. The Bertz CT molecular complexity index is 1090. The number of amides is 1. The molecule has 0 spiro atoms. The van der Waals surface area contributed by atoms with Crippen molar-refractivity contribution in [2.24, 2.45) is 12.0 Å². The summed E-state index contributed by atoms with van der Waals surface area (Å²) in [4.78, 5) is 24.9. The van der Waals surface area contributed by atoms with E-state index in [2.05, 4.69) is 53.6 Å². The lowest BCUT2D eigenvalue weighted by Crippen LogP contribution is -2.55. The standard InChI is InChI=1S/C23H31N7O.HI/c1-4-17-7-6-8-20-18(13-26-22(17)20)9-10-25-23(24-5-2)29-11-12-30(21(31)16-29)19-14-27-28(3)15-19;/h6-8,13-15,26H,4-5,9-12,16H2,1-3H3,(H,24,25);1H. The fraction of sp³-hybridized carbons (Fsp3) is 0.435. The van der Waals surface area contributed by atoms with Gasteiger partial charge in [-0.2, -0.15) is 5.10 Å². The number of hydrogen-bond acceptors (Lipinski definition) is 3. The highest BCUT2D eigenvalue weighted by Gasteiger charge is 2.27. The number of aliphatic imine (C=N–C) groups is 1. The molecule has 172 valence electrons. The summed E-state index contributed by atoms with van der Waals surface area (Å²) < 4.78 is 1.72. The number of aryl methyl sites for hydroxylation is 2. The molecule has 0 aliphatic carbocycles. The molecule has 0 bridgehead atoms. The van der Waals surface area contributed by atoms with Crippen LogP contribution in [0.5, 0.6) is 0 Å². The second kappa shape index (κ2) is 10.8. The van der Waals surface area contributed by atoms with E-state index in [1.54, 1.807) is 15.8 Å². The number of piperazine rings is 1. The van der Waals surface area contributed by atoms with E-state index >= 15 is 0 Å². The topological polar surface area (TPSA) is 81.6 Å². The van der Waals surface area contributed by atoms with Gasteiger partial charge in [0.1, 0.15) is 6.54 Å². The van der Waals surface area contributed by atoms with Gasteiger partial charge in [-0.1, -0.05) is 25.1 Å². The van der Waals surface area contributed by atoms with Crippen LogP contribution in [0.3, 0.4) is 0 Å². The first-order valence-corrected chi connectivity index (χ1v) is 11.0. The van der Waals surface area contributed by atoms with Crippen LogP contribution in [0.15, 0.2) is 41.8 Å². The predicted molar refractivity (Wildman–Crippen MR) is 140 cm³/mol. The second-order valence-corrected chi connectivity index (χ2v) is 7.83. The van der Waals surface area contributed by atoms with Crippen LogP contribution in [-0.2, 0) is 24.7 Å². The zero-order chi connectivity index (χ0) is 21.8. The first-order chi connectivity index (χ1) is 15.1. The minimum Gasteiger partial charge on any atom is -0.361 e. The maximum absolute atomic E-state index is 12.8. The molecule has 32 heavy (non-hydrogen) atoms. The van der Waals surface area contributed by atoms with Gasteiger partial charge in [0.2, 0.25) is 5.91 Å². The van der Waals surface area contributed by atoms with Gasteiger partial charge in [-0.3, -0.25) is 14.5 Å². The van der Waals surface area contributed by atoms with Crippen LogP contribution in [0.1, 0.15) is 25.0 Å². The number of carbonyl (C=O) groups is 1. The Morgan fingerprint density at radius 2 is 2.09 bits per heavy atom. The quantitative estimate of drug-likeness (QED) is 0.282. The molecule has 0 saturated carbocycles. The van der Waals surface area contributed by atoms with Gasteiger partial charge in [-0.15, -0.1) is 24.0 Å². The number of para-hydroxylation sites is 1. The highest BCUT2D eigenvalue weighted by atomic mass is 127. The van der Waals surface area contributed by atoms with Gasteiger partial charge >= 0.3 is 0 Å². The van der Waals surface area contributed by atoms with Crippen LogP contribution < -0.4 is 10.2 Å². The number of nitrogens with one attached hydrogen (secondary N) is 2. The smallest absolute Gasteiger partial charge is 0.246 e. The number of nitrogens with zero attached hydrogens (tertiary/aromatic N) is 5. The maximum Gasteiger partial charge on any atom is 0.246 e. The van der Waals surface area contributed by atoms with E-state index in [1.807, 2.05) is 18.1 Å². The Kier molecular flexibility index (Phi) is 8.16. The van der Waals surface area contributed by atoms with Gasteiger partial charge < -0.3 is 20.1 Å². The average molecular weight is 549 g/mol. The van der Waals surface area contributed by atoms with Gasteiger partial charge in [0, 0.05) is 56.5 Å². The number of guanidine groups is 1. The van der Waals surface area contributed by atoms with Crippen LogP contribution in [0.2, 0.25) is 0 Å². The molecule has 1 fully saturated rings. The Labute approximate surface area is 206 Å². The van der Waals surface area contributed by atoms with Gasteiger partial charge in [0.15, 0.2) is 5.96 Å². The monoisotopic (exact) mass is 549 g/mol. The van der Waals surface area contributed by atoms with Crippen LogP contribution in [-0.4, -0.2) is 64.3 Å². The van der Waals surface area contributed by atoms with Crippen molar-refractivity contribution >= 4 is 52.4 Å². The normalized spacial score (nSPS) is 14.7. The van der Waals surface area contributed by atoms with Gasteiger partial charge in [-0.25, -0.2) is 0 Å². The highest BCUT2D eigenvalue weighted by molar-refractivity contribution is 14.0. The average Bonchev–Trinajstić information content (AvgIpc) is 3.39. The first kappa shape index (κ1) is 24.1. The van der Waals surface area contributed by atoms with Crippen molar-refractivity contribution < 1.29 is 4.79 Å². The van der Waals surface area contributed by atoms with Crippen molar-refractivity contribution in [1.29, 1.82) is 0 Å². The summed E-state index contributed by atoms with van der Waals surface area (Å²) in [6, 6.07) is 6.47. The van der Waals surface area contributed by atoms with E-state index < -0.39 is 0 Å². The summed E-state index contributed by atoms with van der Waals surface area (Å²) in [5, 5.41) is 8.80. The number of aromatic nitrogens is 3. The van der Waals surface area contributed by atoms with Crippen molar-refractivity contribution in [3.63, 3.8) is 0 Å². The third kappa shape index (κ3) is 5.08. The molecular weight excluding hydrogens is 517 g/mol. The third-order valence-corrected chi connectivity index (χ3v) is 5.77. The van der Waals surface area contributed by atoms with E-state index in [1.165, 1.54) is 22.0 Å². The van der Waals surface area contributed by atoms with E-state index in [0.717, 1.165) is 37.6 Å². The summed E-state index contributed by atoms with van der Waals surface area (Å²) in [6.07, 6.45) is 7.57. The number of aromatic amines is 1. The van der Waals surface area contributed by atoms with Crippen LogP contribution in [0.25, 0.3) is 10.9 Å². The van der Waals surface area contributed by atoms with Gasteiger partial charge in [-0.05, 0) is 30.9 Å². The molecule has 3 aromatic rings. The number of anilines is 1. The molecule has 0 unspecified atom stereocenters. The van der Waals surface area contributed by atoms with Crippen molar-refractivity contribution in [1.82, 2.24) is 25.0 Å². The first-order valence-electron chi connectivity index (χ1n) is 11.0. The van der Waals surface area contributed by atoms with Crippen molar-refractivity contribution in [2.45, 2.75) is 26.7 Å². The number of benzene rings is 1. The minimum absolute atomic E-state index is 0. The molecule has 0 atom stereocenters. The predicted octanol–water partition coefficient (Wildman–Crippen LogP) is 2.94. The molecule has 1 saturated heterocycles. The van der Waals surface area contributed by atoms with Gasteiger partial charge in [0.05, 0.1) is 11.9 Å². The molecule has 3 heterocycles. The van der Waals surface area contributed by atoms with Crippen molar-refractivity contribution in [3.05, 3.63) is 47.9 Å². The number of hydrogen-bond donors (Lipinski definition) is 2. The minimum atomic E-state index is 0. The van der Waals surface area contributed by atoms with E-state index in [-0.39, 0.29) is 29.9 Å². The number of rotatable bonds is 6. The molecule has 9 heteroatoms. The number of H-pyrrole nitrogens is 1. The van der Waals surface area contributed by atoms with Crippen LogP contribution >= 0.6 is 24.0 Å². The SMILES string of the molecule is CCNC(=NCCc1c[nH]c2c(CC)cccc12)N1CCN(c2cnn(C)c2)C(=O)C1.I. The van der Waals surface area contributed by atoms with E-state index in [9.17, 15) is 4.79 Å². The second-order valence-electron chi connectivity index (χ2n) is 7.83. The largest absolute Gasteiger partial charge is 0.361 e. The molecule has 1 amide bonds. The molecule has 1 aliphatic heterocycles. The molecule has 2 aromatic heterocycles. The molecule has 1 aliphatic rings. The summed E-state index contributed by atoms with van der Waals surface area (Å²) >= 11 is 0. The number of fused-ring (bicyclic) bond motifs is 1. The molecule has 1 aromatic carbocycles. The molecule has 4 rings (SSSR count). The van der Waals surface area contributed by atoms with Gasteiger partial charge in [0.25, 0.3) is 0 Å². The zero-order valence-corrected chi connectivity index (χ0v) is 21.3.